The number of benzene rings is 1. The van der Waals surface area contributed by atoms with Gasteiger partial charge in [0.1, 0.15) is 0 Å². The second-order valence-corrected chi connectivity index (χ2v) is 6.15. The van der Waals surface area contributed by atoms with E-state index in [1.807, 2.05) is 0 Å². The van der Waals surface area contributed by atoms with E-state index in [1.54, 1.807) is 18.2 Å². The molecule has 0 heterocycles. The lowest BCUT2D eigenvalue weighted by molar-refractivity contribution is -0.120. The highest BCUT2D eigenvalue weighted by Gasteiger charge is 2.16. The number of terminal acetylenes is 1. The van der Waals surface area contributed by atoms with E-state index in [0.717, 1.165) is 0 Å². The van der Waals surface area contributed by atoms with E-state index in [1.165, 1.54) is 6.07 Å². The van der Waals surface area contributed by atoms with Crippen molar-refractivity contribution in [1.29, 1.82) is 0 Å². The van der Waals surface area contributed by atoms with E-state index >= 15 is 0 Å². The summed E-state index contributed by atoms with van der Waals surface area (Å²) in [4.78, 5) is 11.4. The molecule has 0 aliphatic rings. The van der Waals surface area contributed by atoms with E-state index < -0.39 is 10.0 Å². The van der Waals surface area contributed by atoms with Gasteiger partial charge < -0.3 is 5.32 Å². The van der Waals surface area contributed by atoms with Crippen molar-refractivity contribution in [3.8, 4) is 12.3 Å². The predicted octanol–water partition coefficient (Wildman–Crippen LogP) is 0.867. The second-order valence-electron chi connectivity index (χ2n) is 3.56. The number of sulfonamides is 1. The third kappa shape index (κ3) is 5.03. The highest BCUT2D eigenvalue weighted by Crippen LogP contribution is 2.20. The van der Waals surface area contributed by atoms with E-state index in [9.17, 15) is 13.2 Å². The highest BCUT2D eigenvalue weighted by molar-refractivity contribution is 9.10. The molecule has 1 rings (SSSR count). The average Bonchev–Trinajstić information content (AvgIpc) is 2.36. The van der Waals surface area contributed by atoms with Crippen molar-refractivity contribution in [1.82, 2.24) is 10.0 Å². The van der Waals surface area contributed by atoms with Crippen LogP contribution in [0.1, 0.15) is 6.42 Å². The molecule has 0 unspecified atom stereocenters. The third-order valence-corrected chi connectivity index (χ3v) is 4.63. The van der Waals surface area contributed by atoms with Crippen LogP contribution in [-0.4, -0.2) is 27.4 Å². The summed E-state index contributed by atoms with van der Waals surface area (Å²) in [5.41, 5.74) is 0. The van der Waals surface area contributed by atoms with Gasteiger partial charge in [0.2, 0.25) is 15.9 Å². The fourth-order valence-electron chi connectivity index (χ4n) is 1.28. The van der Waals surface area contributed by atoms with Crippen LogP contribution < -0.4 is 10.0 Å². The minimum atomic E-state index is -3.62. The fraction of sp³-hybridized carbons (Fsp3) is 0.250. The first-order valence-electron chi connectivity index (χ1n) is 5.41. The van der Waals surface area contributed by atoms with Gasteiger partial charge in [0, 0.05) is 17.4 Å². The van der Waals surface area contributed by atoms with Gasteiger partial charge in [-0.25, -0.2) is 13.1 Å². The quantitative estimate of drug-likeness (QED) is 0.752. The van der Waals surface area contributed by atoms with Crippen molar-refractivity contribution in [3.63, 3.8) is 0 Å². The number of nitrogens with one attached hydrogen (secondary N) is 2. The van der Waals surface area contributed by atoms with Gasteiger partial charge in [0.25, 0.3) is 0 Å². The molecule has 0 saturated carbocycles. The zero-order valence-corrected chi connectivity index (χ0v) is 12.4. The Hall–Kier alpha value is -1.36. The summed E-state index contributed by atoms with van der Waals surface area (Å²) in [6, 6.07) is 6.45. The molecule has 1 aromatic carbocycles. The molecule has 0 aliphatic carbocycles. The molecule has 2 N–H and O–H groups in total. The number of carbonyl (C=O) groups is 1. The van der Waals surface area contributed by atoms with Crippen LogP contribution >= 0.6 is 15.9 Å². The summed E-state index contributed by atoms with van der Waals surface area (Å²) in [6.07, 6.45) is 5.02. The number of halogens is 1. The standard InChI is InChI=1S/C12H13BrN2O3S/c1-2-8-14-12(16)7-9-15-19(17,18)11-6-4-3-5-10(11)13/h1,3-6,15H,7-9H2,(H,14,16). The summed E-state index contributed by atoms with van der Waals surface area (Å²) in [6.45, 7) is 0.149. The zero-order chi connectivity index (χ0) is 14.3. The molecule has 1 aromatic rings. The average molecular weight is 345 g/mol. The van der Waals surface area contributed by atoms with Crippen molar-refractivity contribution in [2.45, 2.75) is 11.3 Å². The molecular weight excluding hydrogens is 332 g/mol. The molecule has 0 radical (unpaired) electrons. The summed E-state index contributed by atoms with van der Waals surface area (Å²) >= 11 is 3.17. The normalized spacial score (nSPS) is 10.7. The molecule has 7 heteroatoms. The molecular formula is C12H13BrN2O3S. The Morgan fingerprint density at radius 3 is 2.68 bits per heavy atom. The van der Waals surface area contributed by atoms with Crippen molar-refractivity contribution >= 4 is 31.9 Å². The SMILES string of the molecule is C#CCNC(=O)CCNS(=O)(=O)c1ccccc1Br. The van der Waals surface area contributed by atoms with Crippen LogP contribution in [0.2, 0.25) is 0 Å². The molecule has 0 bridgehead atoms. The number of hydrogen-bond acceptors (Lipinski definition) is 3. The molecule has 0 aromatic heterocycles. The van der Waals surface area contributed by atoms with Crippen molar-refractivity contribution < 1.29 is 13.2 Å². The van der Waals surface area contributed by atoms with Crippen LogP contribution in [-0.2, 0) is 14.8 Å². The van der Waals surface area contributed by atoms with Gasteiger partial charge in [0.05, 0.1) is 11.4 Å². The van der Waals surface area contributed by atoms with E-state index in [0.29, 0.717) is 4.47 Å². The van der Waals surface area contributed by atoms with Crippen molar-refractivity contribution in [3.05, 3.63) is 28.7 Å². The summed E-state index contributed by atoms with van der Waals surface area (Å²) in [5.74, 6) is 1.96. The smallest absolute Gasteiger partial charge is 0.241 e. The van der Waals surface area contributed by atoms with Gasteiger partial charge in [0.15, 0.2) is 0 Å². The minimum absolute atomic E-state index is 0.0140. The molecule has 19 heavy (non-hydrogen) atoms. The zero-order valence-electron chi connectivity index (χ0n) is 10.0. The maximum atomic E-state index is 11.9. The fourth-order valence-corrected chi connectivity index (χ4v) is 3.31. The Morgan fingerprint density at radius 1 is 1.37 bits per heavy atom. The minimum Gasteiger partial charge on any atom is -0.345 e. The Bertz CT molecular complexity index is 593. The lowest BCUT2D eigenvalue weighted by Gasteiger charge is -2.08. The van der Waals surface area contributed by atoms with Gasteiger partial charge in [-0.3, -0.25) is 4.79 Å². The summed E-state index contributed by atoms with van der Waals surface area (Å²) in [7, 11) is -3.62. The van der Waals surface area contributed by atoms with Crippen LogP contribution in [0.4, 0.5) is 0 Å². The predicted molar refractivity (Wildman–Crippen MR) is 75.8 cm³/mol. The van der Waals surface area contributed by atoms with Crippen LogP contribution in [0, 0.1) is 12.3 Å². The van der Waals surface area contributed by atoms with Crippen LogP contribution in [0.3, 0.4) is 0 Å². The topological polar surface area (TPSA) is 75.3 Å². The first-order valence-corrected chi connectivity index (χ1v) is 7.69. The van der Waals surface area contributed by atoms with E-state index in [-0.39, 0.29) is 30.3 Å². The molecule has 0 aliphatic heterocycles. The van der Waals surface area contributed by atoms with Gasteiger partial charge in [-0.05, 0) is 28.1 Å². The maximum Gasteiger partial charge on any atom is 0.241 e. The van der Waals surface area contributed by atoms with Gasteiger partial charge in [-0.2, -0.15) is 0 Å². The molecule has 0 atom stereocenters. The molecule has 0 spiro atoms. The highest BCUT2D eigenvalue weighted by atomic mass is 79.9. The summed E-state index contributed by atoms with van der Waals surface area (Å²) < 4.78 is 26.7. The van der Waals surface area contributed by atoms with Crippen LogP contribution in [0.15, 0.2) is 33.6 Å². The Morgan fingerprint density at radius 2 is 2.05 bits per heavy atom. The van der Waals surface area contributed by atoms with Gasteiger partial charge in [-0.1, -0.05) is 18.1 Å². The number of hydrogen-bond donors (Lipinski definition) is 2. The van der Waals surface area contributed by atoms with Crippen LogP contribution in [0.25, 0.3) is 0 Å². The molecule has 0 saturated heterocycles. The third-order valence-electron chi connectivity index (χ3n) is 2.16. The molecule has 0 fully saturated rings. The van der Waals surface area contributed by atoms with Crippen molar-refractivity contribution in [2.75, 3.05) is 13.1 Å². The summed E-state index contributed by atoms with van der Waals surface area (Å²) in [5, 5.41) is 2.45. The Balaban J connectivity index is 2.56. The van der Waals surface area contributed by atoms with E-state index in [4.69, 9.17) is 6.42 Å². The Kier molecular flexibility index (Phi) is 6.02. The van der Waals surface area contributed by atoms with Gasteiger partial charge >= 0.3 is 0 Å². The molecule has 5 nitrogen and oxygen atoms in total. The number of carbonyl (C=O) groups excluding carboxylic acids is 1. The molecule has 102 valence electrons. The lowest BCUT2D eigenvalue weighted by Crippen LogP contribution is -2.31. The van der Waals surface area contributed by atoms with Crippen LogP contribution in [0.5, 0.6) is 0 Å². The van der Waals surface area contributed by atoms with E-state index in [2.05, 4.69) is 31.9 Å². The lowest BCUT2D eigenvalue weighted by atomic mass is 10.4. The number of rotatable bonds is 6. The second kappa shape index (κ2) is 7.28. The Labute approximate surface area is 121 Å². The largest absolute Gasteiger partial charge is 0.345 e. The maximum absolute atomic E-state index is 11.9. The monoisotopic (exact) mass is 344 g/mol. The first kappa shape index (κ1) is 15.7. The number of amides is 1. The first-order chi connectivity index (χ1) is 8.97. The van der Waals surface area contributed by atoms with Crippen molar-refractivity contribution in [2.24, 2.45) is 0 Å². The van der Waals surface area contributed by atoms with Gasteiger partial charge in [-0.15, -0.1) is 6.42 Å². The molecule has 1 amide bonds.